The third-order valence-corrected chi connectivity index (χ3v) is 32.6. The monoisotopic (exact) mass is 1220 g/mol. The highest BCUT2D eigenvalue weighted by atomic mass is 16.6. The summed E-state index contributed by atoms with van der Waals surface area (Å²) in [7, 11) is 0. The molecule has 12 aliphatic carbocycles. The summed E-state index contributed by atoms with van der Waals surface area (Å²) in [5, 5.41) is 14.4. The van der Waals surface area contributed by atoms with Crippen molar-refractivity contribution in [3.05, 3.63) is 92.6 Å². The molecule has 7 spiro atoms. The van der Waals surface area contributed by atoms with E-state index >= 15 is 9.59 Å². The number of nitrogens with two attached hydrogens (primary N) is 1. The molecule has 1 aromatic carbocycles. The number of hydrogen-bond donors (Lipinski definition) is 2. The van der Waals surface area contributed by atoms with Crippen LogP contribution in [0, 0.1) is 104 Å². The number of ether oxygens (including phenoxy) is 2. The van der Waals surface area contributed by atoms with Crippen molar-refractivity contribution in [2.24, 2.45) is 109 Å². The minimum absolute atomic E-state index is 0.00624. The SMILES string of the molecule is C[C@@H]1CC2=C3[C@H]4C5=C6[C@H](/C=C7\C=C\C[C@@H](CCC=O)CC[C@H]8CC[C@]9(CCC[C@H](C9)[C@@H]7C[C@H]7[C@]69C(=O)O/C(=C(/O)C[C@H]([C@H]6CC%10(CCCC%10)[C@]%10(CCCC%10%11CCCC%11)C6)N6C[C@H]%10C[C@@H](C6)[C@H](CC2)N3C%10)[C@@]9(CC5)[C@]72OC(=O)c3c(CCCN)cccc32)C8)C[C@H]41. The third-order valence-electron chi connectivity index (χ3n) is 32.6. The number of nitrogens with zero attached hydrogens (tertiary/aromatic N) is 2. The number of hydrogen-bond acceptors (Lipinski definition) is 9. The number of allylic oxidation sites excluding steroid dienone is 6. The standard InChI is InChI=1S/C81H107N3O6/c1-49-36-55-21-22-64-58-37-52-46-83(48-58)65(59-44-77(28-4-5-29-77)78(45-59)31-11-30-76(78)26-2-3-27-76)41-66(86)72-79-33-24-60-69(71(55)84(64)47-52)61(49)39-57-38-54-15-6-12-50(13-10-35-85)19-20-51-23-32-75(42-51)25-8-16-56(43-75)62(54)40-67(80(79,70(57)60)74(88)89-72)81(79)63-18-7-14-53(17-9-34-82)68(63)73(87)90-81/h6-7,14-15,18,35,38,49-52,56-59,61-62,64-65,67,69,86H,2-5,8-13,16-17,19-34,36-37,39-48,82H2,1H3/b15-6+,54-38+,72-66+/t49-,50+,51+,52-,56-,57-,58+,59+,61+,62-,64+,65-,67+,69+,75-,78-,79-,80-,81-/m1/s1. The fourth-order valence-electron chi connectivity index (χ4n) is 30.0. The molecule has 90 heavy (non-hydrogen) atoms. The lowest BCUT2D eigenvalue weighted by molar-refractivity contribution is -0.283. The minimum Gasteiger partial charge on any atom is -0.509 e. The van der Waals surface area contributed by atoms with Crippen LogP contribution in [0.4, 0.5) is 0 Å². The van der Waals surface area contributed by atoms with E-state index in [4.69, 9.17) is 15.2 Å². The molecule has 482 valence electrons. The number of rotatable bonds is 7. The van der Waals surface area contributed by atoms with Crippen molar-refractivity contribution in [3.8, 4) is 0 Å². The first kappa shape index (κ1) is 57.5. The first-order chi connectivity index (χ1) is 43.9. The van der Waals surface area contributed by atoms with Crippen LogP contribution in [0.2, 0.25) is 0 Å². The lowest BCUT2D eigenvalue weighted by Gasteiger charge is -2.73. The van der Waals surface area contributed by atoms with Gasteiger partial charge in [0.05, 0.1) is 11.0 Å². The van der Waals surface area contributed by atoms with Crippen molar-refractivity contribution in [1.29, 1.82) is 0 Å². The van der Waals surface area contributed by atoms with Gasteiger partial charge in [-0.05, 0) is 272 Å². The van der Waals surface area contributed by atoms with Crippen molar-refractivity contribution >= 4 is 18.2 Å². The van der Waals surface area contributed by atoms with Crippen LogP contribution in [0.25, 0.3) is 0 Å². The Balaban J connectivity index is 0.859. The van der Waals surface area contributed by atoms with E-state index in [0.29, 0.717) is 118 Å². The zero-order valence-corrected chi connectivity index (χ0v) is 54.9. The molecule has 1 aromatic rings. The summed E-state index contributed by atoms with van der Waals surface area (Å²) in [6.45, 7) is 6.45. The summed E-state index contributed by atoms with van der Waals surface area (Å²) in [6.07, 6.45) is 51.0. The summed E-state index contributed by atoms with van der Waals surface area (Å²) in [5.41, 5.74) is 14.8. The van der Waals surface area contributed by atoms with Gasteiger partial charge in [-0.1, -0.05) is 99.4 Å². The molecular formula is C81H107N3O6. The number of fused-ring (bicyclic) bond motifs is 9. The van der Waals surface area contributed by atoms with Gasteiger partial charge in [-0.2, -0.15) is 0 Å². The quantitative estimate of drug-likeness (QED) is 0.156. The predicted octanol–water partition coefficient (Wildman–Crippen LogP) is 16.7. The van der Waals surface area contributed by atoms with Gasteiger partial charge in [0.15, 0.2) is 11.4 Å². The molecule has 9 aliphatic heterocycles. The Morgan fingerprint density at radius 1 is 0.778 bits per heavy atom. The molecule has 9 heterocycles. The van der Waals surface area contributed by atoms with E-state index in [2.05, 4.69) is 53.2 Å². The number of esters is 2. The molecule has 21 aliphatic rings. The molecule has 22 rings (SSSR count). The zero-order chi connectivity index (χ0) is 60.3. The Hall–Kier alpha value is -3.95. The van der Waals surface area contributed by atoms with E-state index in [9.17, 15) is 9.90 Å². The molecule has 9 nitrogen and oxygen atoms in total. The van der Waals surface area contributed by atoms with E-state index in [0.717, 1.165) is 81.5 Å². The molecule has 0 radical (unpaired) electrons. The van der Waals surface area contributed by atoms with Crippen LogP contribution < -0.4 is 5.73 Å². The van der Waals surface area contributed by atoms with Gasteiger partial charge in [0.1, 0.15) is 17.5 Å². The van der Waals surface area contributed by atoms with Crippen molar-refractivity contribution in [1.82, 2.24) is 9.80 Å². The predicted molar refractivity (Wildman–Crippen MR) is 349 cm³/mol. The van der Waals surface area contributed by atoms with Crippen molar-refractivity contribution in [2.75, 3.05) is 26.2 Å². The number of carbonyl (C=O) groups is 3. The Labute approximate surface area is 538 Å². The van der Waals surface area contributed by atoms with Crippen LogP contribution in [-0.4, -0.2) is 71.4 Å². The smallest absolute Gasteiger partial charge is 0.339 e. The summed E-state index contributed by atoms with van der Waals surface area (Å²) < 4.78 is 15.3. The molecular weight excluding hydrogens is 1110 g/mol. The molecule has 3 N–H and O–H groups in total. The van der Waals surface area contributed by atoms with Gasteiger partial charge in [0.2, 0.25) is 0 Å². The topological polar surface area (TPSA) is 122 Å². The second-order valence-corrected chi connectivity index (χ2v) is 35.6. The molecule has 7 saturated carbocycles. The Morgan fingerprint density at radius 2 is 1.63 bits per heavy atom. The number of aldehydes is 1. The number of benzene rings is 1. The van der Waals surface area contributed by atoms with Gasteiger partial charge in [-0.15, -0.1) is 0 Å². The summed E-state index contributed by atoms with van der Waals surface area (Å²) in [5.74, 6) is 4.68. The highest BCUT2D eigenvalue weighted by molar-refractivity contribution is 6.00. The first-order valence-corrected chi connectivity index (χ1v) is 38.4. The Kier molecular flexibility index (Phi) is 13.1. The van der Waals surface area contributed by atoms with E-state index in [-0.39, 0.29) is 41.7 Å². The highest BCUT2D eigenvalue weighted by Gasteiger charge is 2.94. The van der Waals surface area contributed by atoms with Crippen LogP contribution in [-0.2, 0) is 31.1 Å². The fraction of sp³-hybridized carbons (Fsp3) is 0.765. The average Bonchev–Trinajstić information content (AvgIpc) is 1.31. The highest BCUT2D eigenvalue weighted by Crippen LogP contribution is 2.89. The summed E-state index contributed by atoms with van der Waals surface area (Å²) >= 11 is 0. The molecule has 1 unspecified atom stereocenters. The number of piperidine rings is 2. The Morgan fingerprint density at radius 3 is 2.49 bits per heavy atom. The average molecular weight is 1220 g/mol. The van der Waals surface area contributed by atoms with E-state index in [1.807, 2.05) is 0 Å². The van der Waals surface area contributed by atoms with Gasteiger partial charge in [-0.25, -0.2) is 4.79 Å². The maximum Gasteiger partial charge on any atom is 0.339 e. The lowest BCUT2D eigenvalue weighted by Crippen LogP contribution is -2.78. The zero-order valence-electron chi connectivity index (χ0n) is 54.9. The van der Waals surface area contributed by atoms with Gasteiger partial charge in [-0.3, -0.25) is 9.69 Å². The second kappa shape index (κ2) is 20.5. The minimum atomic E-state index is -1.22. The lowest BCUT2D eigenvalue weighted by atomic mass is 9.27. The fourth-order valence-corrected chi connectivity index (χ4v) is 30.0. The summed E-state index contributed by atoms with van der Waals surface area (Å²) in [4.78, 5) is 51.4. The number of aliphatic hydroxyl groups excluding tert-OH is 1. The van der Waals surface area contributed by atoms with Crippen molar-refractivity contribution in [3.63, 3.8) is 0 Å². The van der Waals surface area contributed by atoms with Crippen LogP contribution in [0.15, 0.2) is 75.9 Å². The van der Waals surface area contributed by atoms with Gasteiger partial charge >= 0.3 is 11.9 Å². The van der Waals surface area contributed by atoms with Gasteiger partial charge in [0, 0.05) is 73.6 Å². The largest absolute Gasteiger partial charge is 0.509 e. The van der Waals surface area contributed by atoms with Crippen LogP contribution in [0.3, 0.4) is 0 Å². The maximum atomic E-state index is 17.4. The van der Waals surface area contributed by atoms with Crippen LogP contribution in [0.5, 0.6) is 0 Å². The van der Waals surface area contributed by atoms with Crippen molar-refractivity contribution < 1.29 is 29.0 Å². The molecule has 10 fully saturated rings. The van der Waals surface area contributed by atoms with Gasteiger partial charge < -0.3 is 30.0 Å². The second-order valence-electron chi connectivity index (χ2n) is 35.6. The molecule has 15 bridgehead atoms. The van der Waals surface area contributed by atoms with E-state index in [1.165, 1.54) is 184 Å². The molecule has 20 atom stereocenters. The molecule has 0 aromatic heterocycles. The van der Waals surface area contributed by atoms with Crippen LogP contribution >= 0.6 is 0 Å². The van der Waals surface area contributed by atoms with E-state index < -0.39 is 16.4 Å². The number of aliphatic hydroxyl groups is 1. The summed E-state index contributed by atoms with van der Waals surface area (Å²) in [6, 6.07) is 7.24. The number of aryl methyl sites for hydroxylation is 1. The maximum absolute atomic E-state index is 17.4. The molecule has 0 amide bonds. The third kappa shape index (κ3) is 7.39. The molecule has 9 heteroatoms. The van der Waals surface area contributed by atoms with Gasteiger partial charge in [0.25, 0.3) is 0 Å². The molecule has 3 saturated heterocycles. The first-order valence-electron chi connectivity index (χ1n) is 38.4. The normalized spacial score (nSPS) is 48.5. The Bertz CT molecular complexity index is 3350. The van der Waals surface area contributed by atoms with Crippen LogP contribution in [0.1, 0.15) is 253 Å². The van der Waals surface area contributed by atoms with E-state index in [1.54, 1.807) is 11.3 Å². The van der Waals surface area contributed by atoms with Crippen molar-refractivity contribution in [2.45, 2.75) is 256 Å². The number of carbonyl (C=O) groups excluding carboxylic acids is 3.